The summed E-state index contributed by atoms with van der Waals surface area (Å²) in [5.74, 6) is -7.21. The SMILES string of the molecule is CC[N+]1(C)CCCC1.CC[N+]1(C)CCCC1.O=S(=O)([O-])C(F)(F)C(F)(F)C(F)(F)S(=O)(=O)[O-]. The van der Waals surface area contributed by atoms with E-state index in [4.69, 9.17) is 0 Å². The van der Waals surface area contributed by atoms with Gasteiger partial charge in [-0.2, -0.15) is 26.3 Å². The maximum Gasteiger partial charge on any atom is 0.403 e. The van der Waals surface area contributed by atoms with Crippen molar-refractivity contribution in [3.8, 4) is 0 Å². The van der Waals surface area contributed by atoms with E-state index < -0.39 is 36.7 Å². The van der Waals surface area contributed by atoms with Crippen LogP contribution in [0.1, 0.15) is 39.5 Å². The molecule has 0 radical (unpaired) electrons. The lowest BCUT2D eigenvalue weighted by atomic mass is 10.3. The lowest BCUT2D eigenvalue weighted by molar-refractivity contribution is -0.895. The molecule has 0 atom stereocenters. The number of nitrogens with zero attached hydrogens (tertiary/aromatic N) is 2. The molecule has 33 heavy (non-hydrogen) atoms. The lowest BCUT2D eigenvalue weighted by Crippen LogP contribution is -2.60. The maximum atomic E-state index is 12.3. The van der Waals surface area contributed by atoms with Gasteiger partial charge in [-0.15, -0.1) is 0 Å². The predicted octanol–water partition coefficient (Wildman–Crippen LogP) is 2.39. The van der Waals surface area contributed by atoms with Crippen LogP contribution in [0.4, 0.5) is 26.3 Å². The monoisotopic (exact) mass is 538 g/mol. The summed E-state index contributed by atoms with van der Waals surface area (Å²) < 4.78 is 134. The maximum absolute atomic E-state index is 12.3. The average Bonchev–Trinajstić information content (AvgIpc) is 3.30. The van der Waals surface area contributed by atoms with E-state index in [2.05, 4.69) is 27.9 Å². The Kier molecular flexibility index (Phi) is 10.7. The second-order valence-electron chi connectivity index (χ2n) is 8.70. The Balaban J connectivity index is 0.000000525. The summed E-state index contributed by atoms with van der Waals surface area (Å²) in [6.07, 6.45) is 5.80. The van der Waals surface area contributed by atoms with Crippen LogP contribution < -0.4 is 0 Å². The highest BCUT2D eigenvalue weighted by Gasteiger charge is 2.77. The number of likely N-dealkylation sites (tertiary alicyclic amines) is 2. The van der Waals surface area contributed by atoms with E-state index in [1.807, 2.05) is 0 Å². The molecule has 0 aromatic rings. The van der Waals surface area contributed by atoms with Gasteiger partial charge in [0.1, 0.15) is 0 Å². The van der Waals surface area contributed by atoms with Gasteiger partial charge in [0, 0.05) is 25.7 Å². The first-order valence-corrected chi connectivity index (χ1v) is 13.1. The largest absolute Gasteiger partial charge is 0.743 e. The highest BCUT2D eigenvalue weighted by Crippen LogP contribution is 2.50. The minimum atomic E-state index is -7.32. The topological polar surface area (TPSA) is 114 Å². The van der Waals surface area contributed by atoms with Crippen LogP contribution in [-0.2, 0) is 20.2 Å². The molecule has 0 saturated carbocycles. The number of hydrogen-bond acceptors (Lipinski definition) is 6. The van der Waals surface area contributed by atoms with Crippen LogP contribution in [0.2, 0.25) is 0 Å². The Morgan fingerprint density at radius 1 is 0.636 bits per heavy atom. The number of alkyl halides is 6. The molecule has 2 heterocycles. The normalized spacial score (nSPS) is 21.0. The third-order valence-corrected chi connectivity index (χ3v) is 7.95. The highest BCUT2D eigenvalue weighted by atomic mass is 32.2. The molecule has 8 nitrogen and oxygen atoms in total. The molecule has 2 rings (SSSR count). The first kappa shape index (κ1) is 32.3. The van der Waals surface area contributed by atoms with E-state index in [1.54, 1.807) is 0 Å². The molecule has 0 amide bonds. The average molecular weight is 539 g/mol. The van der Waals surface area contributed by atoms with Gasteiger partial charge in [0.2, 0.25) is 0 Å². The van der Waals surface area contributed by atoms with Crippen molar-refractivity contribution in [3.05, 3.63) is 0 Å². The van der Waals surface area contributed by atoms with Gasteiger partial charge in [-0.25, -0.2) is 16.8 Å². The van der Waals surface area contributed by atoms with E-state index >= 15 is 0 Å². The molecule has 2 fully saturated rings. The second kappa shape index (κ2) is 10.9. The van der Waals surface area contributed by atoms with Crippen molar-refractivity contribution in [2.75, 3.05) is 53.4 Å². The van der Waals surface area contributed by atoms with E-state index in [0.717, 1.165) is 0 Å². The molecule has 0 aromatic carbocycles. The molecule has 0 N–H and O–H groups in total. The van der Waals surface area contributed by atoms with Gasteiger partial charge in [0.25, 0.3) is 0 Å². The van der Waals surface area contributed by atoms with Gasteiger partial charge in [-0.3, -0.25) is 0 Å². The van der Waals surface area contributed by atoms with E-state index in [9.17, 15) is 52.3 Å². The molecule has 0 bridgehead atoms. The van der Waals surface area contributed by atoms with Crippen LogP contribution in [0.25, 0.3) is 0 Å². The minimum Gasteiger partial charge on any atom is -0.743 e. The fourth-order valence-corrected chi connectivity index (χ4v) is 4.26. The Morgan fingerprint density at radius 2 is 0.848 bits per heavy atom. The fourth-order valence-electron chi connectivity index (χ4n) is 3.31. The molecule has 0 aliphatic carbocycles. The number of rotatable bonds is 6. The summed E-state index contributed by atoms with van der Waals surface area (Å²) in [4.78, 5) is 0. The van der Waals surface area contributed by atoms with E-state index in [0.29, 0.717) is 0 Å². The first-order valence-electron chi connectivity index (χ1n) is 10.2. The van der Waals surface area contributed by atoms with Crippen LogP contribution in [0, 0.1) is 0 Å². The smallest absolute Gasteiger partial charge is 0.403 e. The lowest BCUT2D eigenvalue weighted by Gasteiger charge is -2.34. The van der Waals surface area contributed by atoms with Gasteiger partial charge in [0.05, 0.1) is 53.4 Å². The van der Waals surface area contributed by atoms with Crippen LogP contribution >= 0.6 is 0 Å². The standard InChI is InChI=1S/2C7H16N.C3H2F6O6S2/c2*1-3-8(2)6-4-5-7-8;4-1(5,2(6,7)16(10,11)12)3(8,9)17(13,14)15/h2*3-7H2,1-2H3;(H,10,11,12)(H,13,14,15)/q2*+1;/p-2. The molecule has 200 valence electrons. The zero-order chi connectivity index (χ0) is 26.6. The molecular weight excluding hydrogens is 506 g/mol. The Hall–Kier alpha value is -0.680. The fraction of sp³-hybridized carbons (Fsp3) is 1.00. The quantitative estimate of drug-likeness (QED) is 0.292. The van der Waals surface area contributed by atoms with Crippen molar-refractivity contribution >= 4 is 20.2 Å². The molecule has 2 aliphatic heterocycles. The molecule has 0 unspecified atom stereocenters. The Bertz CT molecular complexity index is 772. The summed E-state index contributed by atoms with van der Waals surface area (Å²) in [6, 6.07) is 0. The first-order chi connectivity index (χ1) is 14.5. The zero-order valence-corrected chi connectivity index (χ0v) is 20.6. The van der Waals surface area contributed by atoms with Crippen molar-refractivity contribution in [2.45, 2.75) is 56.0 Å². The Labute approximate surface area is 191 Å². The molecule has 2 saturated heterocycles. The van der Waals surface area contributed by atoms with Gasteiger partial charge < -0.3 is 18.1 Å². The second-order valence-corrected chi connectivity index (χ2v) is 11.5. The van der Waals surface area contributed by atoms with Gasteiger partial charge in [-0.1, -0.05) is 0 Å². The van der Waals surface area contributed by atoms with Gasteiger partial charge in [0.15, 0.2) is 20.2 Å². The molecule has 0 spiro atoms. The summed E-state index contributed by atoms with van der Waals surface area (Å²) in [7, 11) is -9.93. The van der Waals surface area contributed by atoms with Crippen molar-refractivity contribution < 1.29 is 61.2 Å². The molecule has 0 aromatic heterocycles. The summed E-state index contributed by atoms with van der Waals surface area (Å²) in [6.45, 7) is 12.9. The van der Waals surface area contributed by atoms with Crippen molar-refractivity contribution in [1.29, 1.82) is 0 Å². The van der Waals surface area contributed by atoms with Crippen LogP contribution in [0.3, 0.4) is 0 Å². The molecular formula is C17H32F6N2O6S2. The van der Waals surface area contributed by atoms with Crippen molar-refractivity contribution in [3.63, 3.8) is 0 Å². The van der Waals surface area contributed by atoms with Crippen molar-refractivity contribution in [2.24, 2.45) is 0 Å². The molecule has 2 aliphatic rings. The Morgan fingerprint density at radius 3 is 0.970 bits per heavy atom. The minimum absolute atomic E-state index is 1.32. The third kappa shape index (κ3) is 7.65. The number of halogens is 6. The van der Waals surface area contributed by atoms with Gasteiger partial charge >= 0.3 is 16.4 Å². The predicted molar refractivity (Wildman–Crippen MR) is 106 cm³/mol. The van der Waals surface area contributed by atoms with Gasteiger partial charge in [-0.05, 0) is 13.8 Å². The number of hydrogen-bond donors (Lipinski definition) is 0. The van der Waals surface area contributed by atoms with Crippen molar-refractivity contribution in [1.82, 2.24) is 0 Å². The third-order valence-electron chi connectivity index (χ3n) is 6.18. The number of quaternary nitrogens is 2. The summed E-state index contributed by atoms with van der Waals surface area (Å²) in [5.41, 5.74) is 0. The van der Waals surface area contributed by atoms with E-state index in [-0.39, 0.29) is 0 Å². The van der Waals surface area contributed by atoms with Crippen LogP contribution in [0.15, 0.2) is 0 Å². The summed E-state index contributed by atoms with van der Waals surface area (Å²) in [5, 5.41) is -13.9. The summed E-state index contributed by atoms with van der Waals surface area (Å²) >= 11 is 0. The van der Waals surface area contributed by atoms with Crippen LogP contribution in [-0.4, -0.2) is 105 Å². The zero-order valence-electron chi connectivity index (χ0n) is 19.0. The molecule has 16 heteroatoms. The highest BCUT2D eigenvalue weighted by molar-refractivity contribution is 7.88. The van der Waals surface area contributed by atoms with E-state index in [1.165, 1.54) is 73.9 Å². The van der Waals surface area contributed by atoms with Crippen LogP contribution in [0.5, 0.6) is 0 Å².